The molecule has 2 unspecified atom stereocenters. The number of esters is 1. The highest BCUT2D eigenvalue weighted by Crippen LogP contribution is 2.53. The van der Waals surface area contributed by atoms with Crippen molar-refractivity contribution in [2.45, 2.75) is 57.4 Å². The number of ether oxygens (including phenoxy) is 2. The normalized spacial score (nSPS) is 29.8. The van der Waals surface area contributed by atoms with E-state index in [2.05, 4.69) is 4.74 Å². The number of carbonyl (C=O) groups is 1. The van der Waals surface area contributed by atoms with Crippen molar-refractivity contribution >= 4 is 5.97 Å². The Labute approximate surface area is 139 Å². The first kappa shape index (κ1) is 17.1. The van der Waals surface area contributed by atoms with E-state index in [1.165, 1.54) is 31.9 Å². The number of fused-ring (bicyclic) bond motifs is 1. The van der Waals surface area contributed by atoms with Crippen LogP contribution in [0.3, 0.4) is 0 Å². The van der Waals surface area contributed by atoms with Crippen molar-refractivity contribution in [3.8, 4) is 5.75 Å². The van der Waals surface area contributed by atoms with Crippen LogP contribution < -0.4 is 4.74 Å². The minimum absolute atomic E-state index is 0.264. The molecule has 2 aliphatic carbocycles. The summed E-state index contributed by atoms with van der Waals surface area (Å²) in [6.45, 7) is 1.38. The summed E-state index contributed by atoms with van der Waals surface area (Å²) in [7, 11) is 0. The van der Waals surface area contributed by atoms with Crippen molar-refractivity contribution in [1.29, 1.82) is 0 Å². The Morgan fingerprint density at radius 1 is 1.08 bits per heavy atom. The van der Waals surface area contributed by atoms with Gasteiger partial charge in [-0.3, -0.25) is 4.79 Å². The second kappa shape index (κ2) is 6.30. The highest BCUT2D eigenvalue weighted by Gasteiger charge is 2.49. The molecule has 0 aliphatic heterocycles. The summed E-state index contributed by atoms with van der Waals surface area (Å²) in [4.78, 5) is 11.6. The van der Waals surface area contributed by atoms with Crippen LogP contribution in [0.5, 0.6) is 5.75 Å². The summed E-state index contributed by atoms with van der Waals surface area (Å²) in [5.41, 5.74) is 0.0315. The topological polar surface area (TPSA) is 35.5 Å². The van der Waals surface area contributed by atoms with E-state index in [9.17, 15) is 18.0 Å². The molecular formula is C18H21F3O3. The number of alkyl halides is 3. The minimum atomic E-state index is -4.71. The summed E-state index contributed by atoms with van der Waals surface area (Å²) < 4.78 is 46.5. The van der Waals surface area contributed by atoms with Crippen LogP contribution in [0.1, 0.15) is 51.0 Å². The number of hydrogen-bond acceptors (Lipinski definition) is 3. The minimum Gasteiger partial charge on any atom is -0.454 e. The average molecular weight is 342 g/mol. The van der Waals surface area contributed by atoms with Gasteiger partial charge in [-0.05, 0) is 42.4 Å². The highest BCUT2D eigenvalue weighted by molar-refractivity contribution is 5.67. The third-order valence-electron chi connectivity index (χ3n) is 5.20. The Morgan fingerprint density at radius 3 is 2.08 bits per heavy atom. The molecule has 132 valence electrons. The van der Waals surface area contributed by atoms with Gasteiger partial charge in [0, 0.05) is 6.92 Å². The first-order valence-corrected chi connectivity index (χ1v) is 8.33. The molecule has 0 bridgehead atoms. The first-order valence-electron chi connectivity index (χ1n) is 8.33. The standard InChI is InChI=1S/C18H21F3O3/c1-12(22)23-17(10-13-4-2-3-5-14(13)11-17)15-6-8-16(9-7-15)24-18(19,20)21/h6-9,13-14H,2-5,10-11H2,1H3. The van der Waals surface area contributed by atoms with Crippen LogP contribution in [0.4, 0.5) is 13.2 Å². The number of rotatable bonds is 3. The van der Waals surface area contributed by atoms with E-state index in [1.807, 2.05) is 0 Å². The van der Waals surface area contributed by atoms with Gasteiger partial charge in [0.1, 0.15) is 11.4 Å². The average Bonchev–Trinajstić information content (AvgIpc) is 2.84. The van der Waals surface area contributed by atoms with Crippen LogP contribution in [0.15, 0.2) is 24.3 Å². The highest BCUT2D eigenvalue weighted by atomic mass is 19.4. The van der Waals surface area contributed by atoms with Gasteiger partial charge in [0.15, 0.2) is 0 Å². The lowest BCUT2D eigenvalue weighted by Crippen LogP contribution is -2.29. The third-order valence-corrected chi connectivity index (χ3v) is 5.20. The van der Waals surface area contributed by atoms with Crippen molar-refractivity contribution in [2.24, 2.45) is 11.8 Å². The van der Waals surface area contributed by atoms with E-state index < -0.39 is 12.0 Å². The maximum absolute atomic E-state index is 12.3. The third kappa shape index (κ3) is 3.68. The molecule has 0 N–H and O–H groups in total. The maximum atomic E-state index is 12.3. The summed E-state index contributed by atoms with van der Waals surface area (Å²) in [5.74, 6) is 0.414. The smallest absolute Gasteiger partial charge is 0.454 e. The fraction of sp³-hybridized carbons (Fsp3) is 0.611. The van der Waals surface area contributed by atoms with Crippen molar-refractivity contribution in [3.63, 3.8) is 0 Å². The molecule has 24 heavy (non-hydrogen) atoms. The Balaban J connectivity index is 1.85. The van der Waals surface area contributed by atoms with E-state index in [4.69, 9.17) is 4.74 Å². The molecule has 0 aromatic heterocycles. The molecule has 3 nitrogen and oxygen atoms in total. The molecule has 0 saturated heterocycles. The zero-order valence-electron chi connectivity index (χ0n) is 13.6. The Bertz CT molecular complexity index is 581. The molecule has 2 atom stereocenters. The number of carbonyl (C=O) groups excluding carboxylic acids is 1. The van der Waals surface area contributed by atoms with Crippen LogP contribution >= 0.6 is 0 Å². The van der Waals surface area contributed by atoms with Crippen LogP contribution in [-0.4, -0.2) is 12.3 Å². The van der Waals surface area contributed by atoms with Gasteiger partial charge < -0.3 is 9.47 Å². The van der Waals surface area contributed by atoms with Gasteiger partial charge >= 0.3 is 12.3 Å². The predicted octanol–water partition coefficient (Wildman–Crippen LogP) is 4.94. The SMILES string of the molecule is CC(=O)OC1(c2ccc(OC(F)(F)F)cc2)CC2CCCCC2C1. The van der Waals surface area contributed by atoms with Crippen molar-refractivity contribution in [1.82, 2.24) is 0 Å². The molecule has 0 amide bonds. The first-order chi connectivity index (χ1) is 11.3. The summed E-state index contributed by atoms with van der Waals surface area (Å²) in [6.07, 6.45) is 1.42. The van der Waals surface area contributed by atoms with Gasteiger partial charge in [-0.25, -0.2) is 0 Å². The van der Waals surface area contributed by atoms with E-state index >= 15 is 0 Å². The monoisotopic (exact) mass is 342 g/mol. The van der Waals surface area contributed by atoms with Crippen molar-refractivity contribution in [2.75, 3.05) is 0 Å². The second-order valence-corrected chi connectivity index (χ2v) is 6.87. The Kier molecular flexibility index (Phi) is 4.49. The summed E-state index contributed by atoms with van der Waals surface area (Å²) >= 11 is 0. The van der Waals surface area contributed by atoms with E-state index in [-0.39, 0.29) is 11.7 Å². The van der Waals surface area contributed by atoms with E-state index in [0.717, 1.165) is 31.2 Å². The molecule has 2 saturated carbocycles. The largest absolute Gasteiger partial charge is 0.573 e. The molecule has 6 heteroatoms. The lowest BCUT2D eigenvalue weighted by Gasteiger charge is -2.30. The summed E-state index contributed by atoms with van der Waals surface area (Å²) in [5, 5.41) is 0. The maximum Gasteiger partial charge on any atom is 0.573 e. The lowest BCUT2D eigenvalue weighted by atomic mass is 9.82. The zero-order chi connectivity index (χ0) is 17.4. The van der Waals surface area contributed by atoms with Gasteiger partial charge in [0.25, 0.3) is 0 Å². The summed E-state index contributed by atoms with van der Waals surface area (Å²) in [6, 6.07) is 5.74. The van der Waals surface area contributed by atoms with Crippen LogP contribution in [-0.2, 0) is 15.1 Å². The van der Waals surface area contributed by atoms with E-state index in [1.54, 1.807) is 12.1 Å². The Hall–Kier alpha value is -1.72. The fourth-order valence-corrected chi connectivity index (χ4v) is 4.37. The van der Waals surface area contributed by atoms with Gasteiger partial charge in [-0.1, -0.05) is 37.8 Å². The molecule has 1 aromatic rings. The Morgan fingerprint density at radius 2 is 1.62 bits per heavy atom. The van der Waals surface area contributed by atoms with Crippen LogP contribution in [0.25, 0.3) is 0 Å². The molecular weight excluding hydrogens is 321 g/mol. The van der Waals surface area contributed by atoms with Crippen LogP contribution in [0, 0.1) is 11.8 Å². The number of benzene rings is 1. The molecule has 0 heterocycles. The number of hydrogen-bond donors (Lipinski definition) is 0. The molecule has 0 spiro atoms. The van der Waals surface area contributed by atoms with Gasteiger partial charge in [0.2, 0.25) is 0 Å². The quantitative estimate of drug-likeness (QED) is 0.730. The number of halogens is 3. The van der Waals surface area contributed by atoms with Crippen molar-refractivity contribution in [3.05, 3.63) is 29.8 Å². The lowest BCUT2D eigenvalue weighted by molar-refractivity contribution is -0.274. The van der Waals surface area contributed by atoms with E-state index in [0.29, 0.717) is 11.8 Å². The van der Waals surface area contributed by atoms with Gasteiger partial charge in [-0.2, -0.15) is 0 Å². The molecule has 1 aromatic carbocycles. The fourth-order valence-electron chi connectivity index (χ4n) is 4.37. The van der Waals surface area contributed by atoms with Gasteiger partial charge in [0.05, 0.1) is 0 Å². The molecule has 0 radical (unpaired) electrons. The second-order valence-electron chi connectivity index (χ2n) is 6.87. The molecule has 3 rings (SSSR count). The zero-order valence-corrected chi connectivity index (χ0v) is 13.6. The molecule has 2 aliphatic rings. The van der Waals surface area contributed by atoms with Crippen LogP contribution in [0.2, 0.25) is 0 Å². The van der Waals surface area contributed by atoms with Crippen molar-refractivity contribution < 1.29 is 27.4 Å². The molecule has 2 fully saturated rings. The van der Waals surface area contributed by atoms with Gasteiger partial charge in [-0.15, -0.1) is 13.2 Å². The predicted molar refractivity (Wildman–Crippen MR) is 81.3 cm³/mol.